The first-order valence-corrected chi connectivity index (χ1v) is 5.00. The molecule has 0 heterocycles. The van der Waals surface area contributed by atoms with Crippen LogP contribution in [0.3, 0.4) is 0 Å². The van der Waals surface area contributed by atoms with E-state index in [1.54, 1.807) is 19.9 Å². The van der Waals surface area contributed by atoms with Crippen molar-refractivity contribution in [2.75, 3.05) is 6.61 Å². The first-order valence-electron chi connectivity index (χ1n) is 5.00. The zero-order valence-corrected chi connectivity index (χ0v) is 9.35. The standard InChI is InChI=1S/C10H20O6/c1-3-5(2)7(13)9(15)10(16)8(14)6(12)4-11/h3,6-16H,4H2,1-2H3/t6-,7?,8+,9+,10+/m0/s1. The van der Waals surface area contributed by atoms with Crippen molar-refractivity contribution in [2.24, 2.45) is 0 Å². The zero-order chi connectivity index (χ0) is 12.9. The molecule has 1 unspecified atom stereocenters. The van der Waals surface area contributed by atoms with Crippen LogP contribution >= 0.6 is 0 Å². The molecular formula is C10H20O6. The highest BCUT2D eigenvalue weighted by Crippen LogP contribution is 2.13. The Hall–Kier alpha value is -0.500. The molecule has 0 spiro atoms. The number of hydrogen-bond donors (Lipinski definition) is 6. The SMILES string of the molecule is CC=C(C)C(O)[C@@H](O)[C@H](O)[C@H](O)[C@@H](O)CO. The van der Waals surface area contributed by atoms with Crippen molar-refractivity contribution in [1.82, 2.24) is 0 Å². The van der Waals surface area contributed by atoms with Crippen molar-refractivity contribution in [3.8, 4) is 0 Å². The Bertz CT molecular complexity index is 229. The van der Waals surface area contributed by atoms with E-state index in [1.165, 1.54) is 0 Å². The molecule has 96 valence electrons. The molecule has 0 saturated heterocycles. The average molecular weight is 236 g/mol. The van der Waals surface area contributed by atoms with Gasteiger partial charge in [-0.15, -0.1) is 0 Å². The Morgan fingerprint density at radius 3 is 1.88 bits per heavy atom. The second-order valence-electron chi connectivity index (χ2n) is 3.70. The van der Waals surface area contributed by atoms with E-state index in [9.17, 15) is 20.4 Å². The minimum Gasteiger partial charge on any atom is -0.394 e. The van der Waals surface area contributed by atoms with Gasteiger partial charge >= 0.3 is 0 Å². The first kappa shape index (κ1) is 15.5. The summed E-state index contributed by atoms with van der Waals surface area (Å²) >= 11 is 0. The third-order valence-corrected chi connectivity index (χ3v) is 2.53. The van der Waals surface area contributed by atoms with Gasteiger partial charge in [0, 0.05) is 0 Å². The van der Waals surface area contributed by atoms with Gasteiger partial charge in [0.25, 0.3) is 0 Å². The Morgan fingerprint density at radius 2 is 1.50 bits per heavy atom. The maximum Gasteiger partial charge on any atom is 0.112 e. The summed E-state index contributed by atoms with van der Waals surface area (Å²) in [6.07, 6.45) is -6.45. The molecular weight excluding hydrogens is 216 g/mol. The van der Waals surface area contributed by atoms with E-state index in [-0.39, 0.29) is 0 Å². The normalized spacial score (nSPS) is 22.4. The molecule has 0 aromatic carbocycles. The highest BCUT2D eigenvalue weighted by molar-refractivity contribution is 5.07. The van der Waals surface area contributed by atoms with Crippen LogP contribution < -0.4 is 0 Å². The third-order valence-electron chi connectivity index (χ3n) is 2.53. The van der Waals surface area contributed by atoms with Gasteiger partial charge in [-0.25, -0.2) is 0 Å². The molecule has 0 bridgehead atoms. The summed E-state index contributed by atoms with van der Waals surface area (Å²) in [5.74, 6) is 0. The van der Waals surface area contributed by atoms with E-state index in [1.807, 2.05) is 0 Å². The van der Waals surface area contributed by atoms with Crippen LogP contribution in [0.25, 0.3) is 0 Å². The summed E-state index contributed by atoms with van der Waals surface area (Å²) in [5, 5.41) is 55.4. The number of rotatable bonds is 6. The lowest BCUT2D eigenvalue weighted by molar-refractivity contribution is -0.134. The summed E-state index contributed by atoms with van der Waals surface area (Å²) in [6.45, 7) is 2.45. The third kappa shape index (κ3) is 3.82. The monoisotopic (exact) mass is 236 g/mol. The molecule has 6 N–H and O–H groups in total. The molecule has 0 fully saturated rings. The topological polar surface area (TPSA) is 121 Å². The van der Waals surface area contributed by atoms with Crippen molar-refractivity contribution < 1.29 is 30.6 Å². The van der Waals surface area contributed by atoms with Gasteiger partial charge in [-0.05, 0) is 19.4 Å². The van der Waals surface area contributed by atoms with E-state index in [2.05, 4.69) is 0 Å². The van der Waals surface area contributed by atoms with Gasteiger partial charge in [0.1, 0.15) is 30.5 Å². The van der Waals surface area contributed by atoms with Crippen molar-refractivity contribution >= 4 is 0 Å². The summed E-state index contributed by atoms with van der Waals surface area (Å²) in [4.78, 5) is 0. The van der Waals surface area contributed by atoms with Gasteiger partial charge in [-0.1, -0.05) is 6.08 Å². The predicted octanol–water partition coefficient (Wildman–Crippen LogP) is -2.25. The van der Waals surface area contributed by atoms with E-state index >= 15 is 0 Å². The fourth-order valence-electron chi connectivity index (χ4n) is 1.16. The quantitative estimate of drug-likeness (QED) is 0.290. The van der Waals surface area contributed by atoms with Crippen molar-refractivity contribution in [2.45, 2.75) is 44.4 Å². The molecule has 16 heavy (non-hydrogen) atoms. The highest BCUT2D eigenvalue weighted by Gasteiger charge is 2.34. The van der Waals surface area contributed by atoms with Crippen molar-refractivity contribution in [3.63, 3.8) is 0 Å². The van der Waals surface area contributed by atoms with Crippen LogP contribution in [0.1, 0.15) is 13.8 Å². The lowest BCUT2D eigenvalue weighted by atomic mass is 9.96. The predicted molar refractivity (Wildman–Crippen MR) is 56.6 cm³/mol. The summed E-state index contributed by atoms with van der Waals surface area (Å²) < 4.78 is 0. The largest absolute Gasteiger partial charge is 0.394 e. The lowest BCUT2D eigenvalue weighted by Gasteiger charge is -2.28. The molecule has 0 aromatic heterocycles. The van der Waals surface area contributed by atoms with Crippen LogP contribution in [0.4, 0.5) is 0 Å². The zero-order valence-electron chi connectivity index (χ0n) is 9.35. The maximum absolute atomic E-state index is 9.53. The van der Waals surface area contributed by atoms with E-state index < -0.39 is 37.1 Å². The molecule has 0 aliphatic carbocycles. The van der Waals surface area contributed by atoms with Crippen LogP contribution in [-0.4, -0.2) is 67.8 Å². The van der Waals surface area contributed by atoms with Crippen molar-refractivity contribution in [3.05, 3.63) is 11.6 Å². The van der Waals surface area contributed by atoms with Crippen molar-refractivity contribution in [1.29, 1.82) is 0 Å². The smallest absolute Gasteiger partial charge is 0.112 e. The second kappa shape index (κ2) is 6.95. The van der Waals surface area contributed by atoms with Crippen LogP contribution in [0.15, 0.2) is 11.6 Å². The maximum atomic E-state index is 9.53. The van der Waals surface area contributed by atoms with E-state index in [0.29, 0.717) is 5.57 Å². The minimum atomic E-state index is -1.74. The highest BCUT2D eigenvalue weighted by atomic mass is 16.4. The van der Waals surface area contributed by atoms with Crippen LogP contribution in [-0.2, 0) is 0 Å². The van der Waals surface area contributed by atoms with Crippen LogP contribution in [0.2, 0.25) is 0 Å². The molecule has 0 saturated carbocycles. The Labute approximate surface area is 94.1 Å². The molecule has 0 rings (SSSR count). The van der Waals surface area contributed by atoms with Crippen LogP contribution in [0.5, 0.6) is 0 Å². The molecule has 0 radical (unpaired) electrons. The lowest BCUT2D eigenvalue weighted by Crippen LogP contribution is -2.50. The van der Waals surface area contributed by atoms with Gasteiger partial charge in [0.2, 0.25) is 0 Å². The number of allylic oxidation sites excluding steroid dienone is 1. The fraction of sp³-hybridized carbons (Fsp3) is 0.800. The van der Waals surface area contributed by atoms with Gasteiger partial charge < -0.3 is 30.6 Å². The van der Waals surface area contributed by atoms with Gasteiger partial charge in [-0.2, -0.15) is 0 Å². The number of aliphatic hydroxyl groups excluding tert-OH is 6. The molecule has 0 aromatic rings. The molecule has 0 amide bonds. The summed E-state index contributed by atoms with van der Waals surface area (Å²) in [6, 6.07) is 0. The number of aliphatic hydroxyl groups is 6. The fourth-order valence-corrected chi connectivity index (χ4v) is 1.16. The molecule has 5 atom stereocenters. The molecule has 6 heteroatoms. The Balaban J connectivity index is 4.54. The first-order chi connectivity index (χ1) is 7.36. The van der Waals surface area contributed by atoms with Crippen LogP contribution in [0, 0.1) is 0 Å². The molecule has 6 nitrogen and oxygen atoms in total. The molecule has 0 aliphatic heterocycles. The Kier molecular flexibility index (Phi) is 6.73. The summed E-state index contributed by atoms with van der Waals surface area (Å²) in [7, 11) is 0. The van der Waals surface area contributed by atoms with Gasteiger partial charge in [-0.3, -0.25) is 0 Å². The van der Waals surface area contributed by atoms with Gasteiger partial charge in [0.05, 0.1) is 6.61 Å². The van der Waals surface area contributed by atoms with E-state index in [0.717, 1.165) is 0 Å². The number of hydrogen-bond acceptors (Lipinski definition) is 6. The average Bonchev–Trinajstić information content (AvgIpc) is 2.32. The molecule has 0 aliphatic rings. The second-order valence-corrected chi connectivity index (χ2v) is 3.70. The Morgan fingerprint density at radius 1 is 1.00 bits per heavy atom. The van der Waals surface area contributed by atoms with Gasteiger partial charge in [0.15, 0.2) is 0 Å². The minimum absolute atomic E-state index is 0.428. The summed E-state index contributed by atoms with van der Waals surface area (Å²) in [5.41, 5.74) is 0.428. The van der Waals surface area contributed by atoms with E-state index in [4.69, 9.17) is 10.2 Å².